The fourth-order valence-electron chi connectivity index (χ4n) is 3.07. The van der Waals surface area contributed by atoms with E-state index in [2.05, 4.69) is 20.0 Å². The van der Waals surface area contributed by atoms with Crippen LogP contribution < -0.4 is 10.0 Å². The lowest BCUT2D eigenvalue weighted by Crippen LogP contribution is -2.37. The van der Waals surface area contributed by atoms with E-state index >= 15 is 0 Å². The summed E-state index contributed by atoms with van der Waals surface area (Å²) in [4.78, 5) is 8.79. The Labute approximate surface area is 159 Å². The number of hydrogen-bond acceptors (Lipinski definition) is 6. The number of nitrogens with one attached hydrogen (secondary N) is 2. The zero-order chi connectivity index (χ0) is 18.6. The third-order valence-corrected chi connectivity index (χ3v) is 7.41. The van der Waals surface area contributed by atoms with E-state index in [0.29, 0.717) is 18.5 Å². The molecule has 0 radical (unpaired) electrons. The van der Waals surface area contributed by atoms with Gasteiger partial charge in [-0.2, -0.15) is 0 Å². The van der Waals surface area contributed by atoms with Gasteiger partial charge in [0.25, 0.3) is 0 Å². The van der Waals surface area contributed by atoms with Crippen LogP contribution in [0.3, 0.4) is 0 Å². The number of anilines is 1. The molecule has 0 aromatic carbocycles. The molecule has 3 rings (SSSR count). The molecule has 6 nitrogen and oxygen atoms in total. The number of rotatable bonds is 7. The lowest BCUT2D eigenvalue weighted by atomic mass is 9.86. The molecule has 0 aliphatic heterocycles. The smallest absolute Gasteiger partial charge is 0.213 e. The molecule has 8 heteroatoms. The third-order valence-electron chi connectivity index (χ3n) is 4.83. The normalized spacial score (nSPS) is 21.0. The SMILES string of the molecule is CC(C)S(=O)(=O)NC[C@H]1CC[C@H](Nc2nc(-c3cccnc3)cs2)CC1. The summed E-state index contributed by atoms with van der Waals surface area (Å²) >= 11 is 1.61. The van der Waals surface area contributed by atoms with E-state index < -0.39 is 10.0 Å². The molecule has 0 amide bonds. The molecule has 0 unspecified atom stereocenters. The maximum atomic E-state index is 11.9. The first-order valence-corrected chi connectivity index (χ1v) is 11.5. The molecule has 1 fully saturated rings. The van der Waals surface area contributed by atoms with Gasteiger partial charge in [-0.1, -0.05) is 0 Å². The Balaban J connectivity index is 1.47. The predicted octanol–water partition coefficient (Wildman–Crippen LogP) is 3.50. The largest absolute Gasteiger partial charge is 0.359 e. The zero-order valence-corrected chi connectivity index (χ0v) is 16.8. The summed E-state index contributed by atoms with van der Waals surface area (Å²) in [7, 11) is -3.16. The summed E-state index contributed by atoms with van der Waals surface area (Å²) in [5.41, 5.74) is 1.97. The number of nitrogens with zero attached hydrogens (tertiary/aromatic N) is 2. The summed E-state index contributed by atoms with van der Waals surface area (Å²) in [6.07, 6.45) is 7.71. The second-order valence-electron chi connectivity index (χ2n) is 7.08. The van der Waals surface area contributed by atoms with Crippen LogP contribution in [0, 0.1) is 5.92 Å². The Kier molecular flexibility index (Phi) is 6.26. The minimum Gasteiger partial charge on any atom is -0.359 e. The van der Waals surface area contributed by atoms with Crippen molar-refractivity contribution in [1.82, 2.24) is 14.7 Å². The molecule has 0 bridgehead atoms. The first-order chi connectivity index (χ1) is 12.4. The third kappa shape index (κ3) is 5.02. The van der Waals surface area contributed by atoms with E-state index in [0.717, 1.165) is 42.1 Å². The van der Waals surface area contributed by atoms with Crippen molar-refractivity contribution in [3.05, 3.63) is 29.9 Å². The molecule has 2 N–H and O–H groups in total. The van der Waals surface area contributed by atoms with Crippen LogP contribution in [0.4, 0.5) is 5.13 Å². The maximum absolute atomic E-state index is 11.9. The molecular formula is C18H26N4O2S2. The highest BCUT2D eigenvalue weighted by Gasteiger charge is 2.24. The fraction of sp³-hybridized carbons (Fsp3) is 0.556. The fourth-order valence-corrected chi connectivity index (χ4v) is 4.67. The van der Waals surface area contributed by atoms with Crippen molar-refractivity contribution >= 4 is 26.5 Å². The summed E-state index contributed by atoms with van der Waals surface area (Å²) in [5.74, 6) is 0.420. The molecule has 0 atom stereocenters. The van der Waals surface area contributed by atoms with Crippen molar-refractivity contribution in [3.63, 3.8) is 0 Å². The highest BCUT2D eigenvalue weighted by Crippen LogP contribution is 2.29. The van der Waals surface area contributed by atoms with Crippen molar-refractivity contribution in [1.29, 1.82) is 0 Å². The molecule has 1 aliphatic rings. The lowest BCUT2D eigenvalue weighted by Gasteiger charge is -2.29. The predicted molar refractivity (Wildman–Crippen MR) is 107 cm³/mol. The van der Waals surface area contributed by atoms with Gasteiger partial charge in [-0.25, -0.2) is 18.1 Å². The van der Waals surface area contributed by atoms with Crippen LogP contribution in [0.15, 0.2) is 29.9 Å². The standard InChI is InChI=1S/C18H26N4O2S2/c1-13(2)26(23,24)20-10-14-5-7-16(8-6-14)21-18-22-17(12-25-18)15-4-3-9-19-11-15/h3-4,9,11-14,16,20H,5-8,10H2,1-2H3,(H,21,22)/t14-,16-. The van der Waals surface area contributed by atoms with Gasteiger partial charge in [0.1, 0.15) is 0 Å². The Hall–Kier alpha value is -1.51. The zero-order valence-electron chi connectivity index (χ0n) is 15.2. The van der Waals surface area contributed by atoms with Gasteiger partial charge in [-0.15, -0.1) is 11.3 Å². The monoisotopic (exact) mass is 394 g/mol. The van der Waals surface area contributed by atoms with Gasteiger partial charge in [0.2, 0.25) is 10.0 Å². The minimum atomic E-state index is -3.16. The molecule has 2 aromatic heterocycles. The second kappa shape index (κ2) is 8.45. The molecule has 0 saturated heterocycles. The Morgan fingerprint density at radius 1 is 1.27 bits per heavy atom. The van der Waals surface area contributed by atoms with Crippen LogP contribution in [0.25, 0.3) is 11.3 Å². The number of aromatic nitrogens is 2. The number of pyridine rings is 1. The molecule has 26 heavy (non-hydrogen) atoms. The molecule has 1 aliphatic carbocycles. The van der Waals surface area contributed by atoms with Crippen molar-refractivity contribution in [3.8, 4) is 11.3 Å². The van der Waals surface area contributed by atoms with Crippen molar-refractivity contribution in [2.45, 2.75) is 50.8 Å². The first kappa shape index (κ1) is 19.3. The Morgan fingerprint density at radius 3 is 2.69 bits per heavy atom. The molecule has 2 aromatic rings. The molecule has 142 valence electrons. The van der Waals surface area contributed by atoms with Crippen molar-refractivity contribution in [2.75, 3.05) is 11.9 Å². The van der Waals surface area contributed by atoms with Gasteiger partial charge in [0, 0.05) is 35.9 Å². The van der Waals surface area contributed by atoms with Crippen LogP contribution in [-0.4, -0.2) is 36.2 Å². The molecule has 2 heterocycles. The van der Waals surface area contributed by atoms with Crippen molar-refractivity contribution < 1.29 is 8.42 Å². The second-order valence-corrected chi connectivity index (χ2v) is 10.3. The molecule has 0 spiro atoms. The quantitative estimate of drug-likeness (QED) is 0.751. The Morgan fingerprint density at radius 2 is 2.04 bits per heavy atom. The topological polar surface area (TPSA) is 84.0 Å². The molecule has 1 saturated carbocycles. The first-order valence-electron chi connectivity index (χ1n) is 9.05. The molecular weight excluding hydrogens is 368 g/mol. The van der Waals surface area contributed by atoms with Crippen LogP contribution in [-0.2, 0) is 10.0 Å². The Bertz CT molecular complexity index is 798. The summed E-state index contributed by atoms with van der Waals surface area (Å²) in [6, 6.07) is 4.33. The van der Waals surface area contributed by atoms with Crippen LogP contribution in [0.5, 0.6) is 0 Å². The van der Waals surface area contributed by atoms with E-state index in [1.165, 1.54) is 0 Å². The van der Waals surface area contributed by atoms with Gasteiger partial charge >= 0.3 is 0 Å². The number of sulfonamides is 1. The highest BCUT2D eigenvalue weighted by molar-refractivity contribution is 7.90. The lowest BCUT2D eigenvalue weighted by molar-refractivity contribution is 0.337. The van der Waals surface area contributed by atoms with Crippen LogP contribution in [0.1, 0.15) is 39.5 Å². The van der Waals surface area contributed by atoms with E-state index in [9.17, 15) is 8.42 Å². The van der Waals surface area contributed by atoms with E-state index in [1.807, 2.05) is 23.7 Å². The number of thiazole rings is 1. The van der Waals surface area contributed by atoms with E-state index in [1.54, 1.807) is 31.4 Å². The van der Waals surface area contributed by atoms with Crippen LogP contribution in [0.2, 0.25) is 0 Å². The van der Waals surface area contributed by atoms with E-state index in [4.69, 9.17) is 0 Å². The average Bonchev–Trinajstić information content (AvgIpc) is 3.10. The summed E-state index contributed by atoms with van der Waals surface area (Å²) in [5, 5.41) is 6.14. The van der Waals surface area contributed by atoms with Gasteiger partial charge in [-0.3, -0.25) is 4.98 Å². The highest BCUT2D eigenvalue weighted by atomic mass is 32.2. The van der Waals surface area contributed by atoms with Gasteiger partial charge in [0.05, 0.1) is 10.9 Å². The maximum Gasteiger partial charge on any atom is 0.213 e. The van der Waals surface area contributed by atoms with Gasteiger partial charge < -0.3 is 5.32 Å². The summed E-state index contributed by atoms with van der Waals surface area (Å²) in [6.45, 7) is 3.96. The van der Waals surface area contributed by atoms with Gasteiger partial charge in [-0.05, 0) is 57.6 Å². The summed E-state index contributed by atoms with van der Waals surface area (Å²) < 4.78 is 26.5. The van der Waals surface area contributed by atoms with Crippen molar-refractivity contribution in [2.24, 2.45) is 5.92 Å². The number of hydrogen-bond donors (Lipinski definition) is 2. The van der Waals surface area contributed by atoms with Gasteiger partial charge in [0.15, 0.2) is 5.13 Å². The minimum absolute atomic E-state index is 0.376. The van der Waals surface area contributed by atoms with E-state index in [-0.39, 0.29) is 5.25 Å². The average molecular weight is 395 g/mol. The van der Waals surface area contributed by atoms with Crippen LogP contribution >= 0.6 is 11.3 Å².